The van der Waals surface area contributed by atoms with Crippen molar-refractivity contribution in [2.45, 2.75) is 33.1 Å². The SMILES string of the molecule is Cc1[nH]cc(N2CCCCC2)c1C. The molecule has 0 atom stereocenters. The summed E-state index contributed by atoms with van der Waals surface area (Å²) in [6.45, 7) is 6.81. The van der Waals surface area contributed by atoms with E-state index in [1.165, 1.54) is 49.3 Å². The smallest absolute Gasteiger partial charge is 0.0576 e. The van der Waals surface area contributed by atoms with Crippen LogP contribution in [-0.2, 0) is 0 Å². The summed E-state index contributed by atoms with van der Waals surface area (Å²) in [5.41, 5.74) is 4.14. The molecule has 2 rings (SSSR count). The summed E-state index contributed by atoms with van der Waals surface area (Å²) in [6.07, 6.45) is 6.25. The Kier molecular flexibility index (Phi) is 2.30. The molecule has 1 N–H and O–H groups in total. The lowest BCUT2D eigenvalue weighted by molar-refractivity contribution is 0.577. The molecule has 0 aliphatic carbocycles. The lowest BCUT2D eigenvalue weighted by Crippen LogP contribution is -2.29. The van der Waals surface area contributed by atoms with Crippen LogP contribution in [0.3, 0.4) is 0 Å². The second kappa shape index (κ2) is 3.44. The zero-order valence-corrected chi connectivity index (χ0v) is 8.56. The summed E-state index contributed by atoms with van der Waals surface area (Å²) >= 11 is 0. The van der Waals surface area contributed by atoms with Crippen molar-refractivity contribution in [1.82, 2.24) is 4.98 Å². The highest BCUT2D eigenvalue weighted by Crippen LogP contribution is 2.25. The van der Waals surface area contributed by atoms with Gasteiger partial charge in [0.15, 0.2) is 0 Å². The van der Waals surface area contributed by atoms with Gasteiger partial charge in [0.1, 0.15) is 0 Å². The average Bonchev–Trinajstić information content (AvgIpc) is 2.49. The van der Waals surface area contributed by atoms with Crippen molar-refractivity contribution in [2.24, 2.45) is 0 Å². The monoisotopic (exact) mass is 178 g/mol. The topological polar surface area (TPSA) is 19.0 Å². The molecule has 1 aromatic heterocycles. The molecular weight excluding hydrogens is 160 g/mol. The first-order valence-corrected chi connectivity index (χ1v) is 5.18. The van der Waals surface area contributed by atoms with E-state index in [9.17, 15) is 0 Å². The number of aryl methyl sites for hydroxylation is 1. The highest BCUT2D eigenvalue weighted by Gasteiger charge is 2.14. The average molecular weight is 178 g/mol. The third-order valence-electron chi connectivity index (χ3n) is 3.07. The van der Waals surface area contributed by atoms with E-state index in [1.54, 1.807) is 0 Å². The molecule has 0 saturated carbocycles. The van der Waals surface area contributed by atoms with Crippen molar-refractivity contribution in [3.05, 3.63) is 17.5 Å². The number of piperidine rings is 1. The molecule has 1 aliphatic rings. The van der Waals surface area contributed by atoms with Crippen LogP contribution in [0, 0.1) is 13.8 Å². The van der Waals surface area contributed by atoms with Crippen molar-refractivity contribution in [3.8, 4) is 0 Å². The Morgan fingerprint density at radius 2 is 1.85 bits per heavy atom. The van der Waals surface area contributed by atoms with E-state index in [1.807, 2.05) is 0 Å². The molecule has 0 unspecified atom stereocenters. The molecule has 0 bridgehead atoms. The van der Waals surface area contributed by atoms with E-state index in [-0.39, 0.29) is 0 Å². The molecule has 1 fully saturated rings. The molecule has 0 amide bonds. The largest absolute Gasteiger partial charge is 0.370 e. The summed E-state index contributed by atoms with van der Waals surface area (Å²) in [7, 11) is 0. The predicted octanol–water partition coefficient (Wildman–Crippen LogP) is 2.62. The second-order valence-electron chi connectivity index (χ2n) is 3.97. The van der Waals surface area contributed by atoms with Gasteiger partial charge in [-0.15, -0.1) is 0 Å². The van der Waals surface area contributed by atoms with Gasteiger partial charge in [-0.2, -0.15) is 0 Å². The normalized spacial score (nSPS) is 17.8. The fraction of sp³-hybridized carbons (Fsp3) is 0.636. The molecule has 2 heteroatoms. The number of anilines is 1. The van der Waals surface area contributed by atoms with Crippen molar-refractivity contribution < 1.29 is 0 Å². The zero-order valence-electron chi connectivity index (χ0n) is 8.56. The van der Waals surface area contributed by atoms with Crippen LogP contribution in [0.4, 0.5) is 5.69 Å². The van der Waals surface area contributed by atoms with Crippen LogP contribution in [0.25, 0.3) is 0 Å². The van der Waals surface area contributed by atoms with Crippen LogP contribution in [0.5, 0.6) is 0 Å². The van der Waals surface area contributed by atoms with E-state index in [2.05, 4.69) is 29.9 Å². The Balaban J connectivity index is 2.18. The van der Waals surface area contributed by atoms with Gasteiger partial charge in [0.05, 0.1) is 5.69 Å². The molecule has 0 spiro atoms. The standard InChI is InChI=1S/C11H18N2/c1-9-10(2)12-8-11(9)13-6-4-3-5-7-13/h8,12H,3-7H2,1-2H3. The summed E-state index contributed by atoms with van der Waals surface area (Å²) in [4.78, 5) is 5.79. The summed E-state index contributed by atoms with van der Waals surface area (Å²) in [5.74, 6) is 0. The van der Waals surface area contributed by atoms with Gasteiger partial charge in [-0.3, -0.25) is 0 Å². The number of nitrogens with zero attached hydrogens (tertiary/aromatic N) is 1. The van der Waals surface area contributed by atoms with Gasteiger partial charge in [0.2, 0.25) is 0 Å². The van der Waals surface area contributed by atoms with Crippen LogP contribution >= 0.6 is 0 Å². The highest BCUT2D eigenvalue weighted by molar-refractivity contribution is 5.54. The molecule has 2 heterocycles. The number of nitrogens with one attached hydrogen (secondary N) is 1. The maximum atomic E-state index is 3.29. The third kappa shape index (κ3) is 1.58. The maximum absolute atomic E-state index is 3.29. The van der Waals surface area contributed by atoms with E-state index in [0.29, 0.717) is 0 Å². The first kappa shape index (κ1) is 8.67. The predicted molar refractivity (Wildman–Crippen MR) is 56.3 cm³/mol. The molecule has 2 nitrogen and oxygen atoms in total. The van der Waals surface area contributed by atoms with E-state index >= 15 is 0 Å². The molecule has 1 aliphatic heterocycles. The van der Waals surface area contributed by atoms with Gasteiger partial charge in [-0.25, -0.2) is 0 Å². The van der Waals surface area contributed by atoms with Gasteiger partial charge in [-0.05, 0) is 38.7 Å². The quantitative estimate of drug-likeness (QED) is 0.700. The van der Waals surface area contributed by atoms with Gasteiger partial charge in [-0.1, -0.05) is 0 Å². The van der Waals surface area contributed by atoms with Crippen LogP contribution in [-0.4, -0.2) is 18.1 Å². The Labute approximate surface area is 79.9 Å². The van der Waals surface area contributed by atoms with Gasteiger partial charge in [0, 0.05) is 25.0 Å². The molecular formula is C11H18N2. The molecule has 72 valence electrons. The van der Waals surface area contributed by atoms with Crippen LogP contribution in [0.2, 0.25) is 0 Å². The fourth-order valence-electron chi connectivity index (χ4n) is 2.05. The lowest BCUT2D eigenvalue weighted by Gasteiger charge is -2.28. The van der Waals surface area contributed by atoms with Gasteiger partial charge in [0.25, 0.3) is 0 Å². The second-order valence-corrected chi connectivity index (χ2v) is 3.97. The molecule has 0 aromatic carbocycles. The first-order valence-electron chi connectivity index (χ1n) is 5.18. The highest BCUT2D eigenvalue weighted by atomic mass is 15.1. The molecule has 1 saturated heterocycles. The van der Waals surface area contributed by atoms with Crippen LogP contribution in [0.15, 0.2) is 6.20 Å². The van der Waals surface area contributed by atoms with Crippen LogP contribution < -0.4 is 4.90 Å². The fourth-order valence-corrected chi connectivity index (χ4v) is 2.05. The number of hydrogen-bond donors (Lipinski definition) is 1. The van der Waals surface area contributed by atoms with E-state index in [0.717, 1.165) is 0 Å². The van der Waals surface area contributed by atoms with Crippen molar-refractivity contribution in [3.63, 3.8) is 0 Å². The minimum Gasteiger partial charge on any atom is -0.370 e. The number of hydrogen-bond acceptors (Lipinski definition) is 1. The molecule has 1 aromatic rings. The van der Waals surface area contributed by atoms with Crippen LogP contribution in [0.1, 0.15) is 30.5 Å². The van der Waals surface area contributed by atoms with E-state index in [4.69, 9.17) is 0 Å². The van der Waals surface area contributed by atoms with E-state index < -0.39 is 0 Å². The minimum absolute atomic E-state index is 1.23. The molecule has 13 heavy (non-hydrogen) atoms. The summed E-state index contributed by atoms with van der Waals surface area (Å²) in [6, 6.07) is 0. The first-order chi connectivity index (χ1) is 6.29. The summed E-state index contributed by atoms with van der Waals surface area (Å²) in [5, 5.41) is 0. The minimum atomic E-state index is 1.23. The third-order valence-corrected chi connectivity index (χ3v) is 3.07. The maximum Gasteiger partial charge on any atom is 0.0576 e. The number of aromatic nitrogens is 1. The number of aromatic amines is 1. The summed E-state index contributed by atoms with van der Waals surface area (Å²) < 4.78 is 0. The van der Waals surface area contributed by atoms with Gasteiger partial charge >= 0.3 is 0 Å². The zero-order chi connectivity index (χ0) is 9.26. The lowest BCUT2D eigenvalue weighted by atomic mass is 10.1. The Hall–Kier alpha value is -0.920. The molecule has 0 radical (unpaired) electrons. The Morgan fingerprint density at radius 1 is 1.15 bits per heavy atom. The number of rotatable bonds is 1. The van der Waals surface area contributed by atoms with Gasteiger partial charge < -0.3 is 9.88 Å². The van der Waals surface area contributed by atoms with Crippen molar-refractivity contribution in [1.29, 1.82) is 0 Å². The number of H-pyrrole nitrogens is 1. The van der Waals surface area contributed by atoms with Crippen molar-refractivity contribution >= 4 is 5.69 Å². The van der Waals surface area contributed by atoms with Crippen molar-refractivity contribution in [2.75, 3.05) is 18.0 Å². The Bertz CT molecular complexity index is 282. The Morgan fingerprint density at radius 3 is 2.38 bits per heavy atom.